The van der Waals surface area contributed by atoms with Gasteiger partial charge in [0.15, 0.2) is 0 Å². The van der Waals surface area contributed by atoms with Gasteiger partial charge in [0.05, 0.1) is 0 Å². The van der Waals surface area contributed by atoms with Crippen LogP contribution in [0.15, 0.2) is 60.7 Å². The quantitative estimate of drug-likeness (QED) is 0.735. The summed E-state index contributed by atoms with van der Waals surface area (Å²) in [6.07, 6.45) is 0.822. The van der Waals surface area contributed by atoms with E-state index < -0.39 is 0 Å². The monoisotopic (exact) mass is 270 g/mol. The Morgan fingerprint density at radius 3 is 1.75 bits per heavy atom. The predicted molar refractivity (Wildman–Crippen MR) is 81.6 cm³/mol. The molecule has 0 aliphatic heterocycles. The van der Waals surface area contributed by atoms with Crippen LogP contribution in [-0.2, 0) is 9.47 Å². The molecule has 2 rings (SSSR count). The van der Waals surface area contributed by atoms with Gasteiger partial charge in [-0.05, 0) is 17.5 Å². The molecule has 2 heteroatoms. The number of hydrogen-bond acceptors (Lipinski definition) is 2. The number of ether oxygens (including phenoxy) is 2. The lowest BCUT2D eigenvalue weighted by molar-refractivity contribution is -0.0607. The first-order chi connectivity index (χ1) is 9.86. The van der Waals surface area contributed by atoms with Gasteiger partial charge < -0.3 is 9.47 Å². The molecule has 2 nitrogen and oxygen atoms in total. The zero-order valence-corrected chi connectivity index (χ0v) is 12.2. The largest absolute Gasteiger partial charge is 0.374 e. The second kappa shape index (κ2) is 7.83. The highest BCUT2D eigenvalue weighted by molar-refractivity contribution is 5.25. The number of methoxy groups -OCH3 is 1. The Hall–Kier alpha value is -1.64. The third-order valence-corrected chi connectivity index (χ3v) is 3.29. The molecule has 2 atom stereocenters. The lowest BCUT2D eigenvalue weighted by atomic mass is 9.98. The molecule has 0 spiro atoms. The first-order valence-electron chi connectivity index (χ1n) is 7.11. The van der Waals surface area contributed by atoms with Crippen molar-refractivity contribution in [3.8, 4) is 0 Å². The van der Waals surface area contributed by atoms with Gasteiger partial charge in [-0.2, -0.15) is 0 Å². The van der Waals surface area contributed by atoms with E-state index in [1.54, 1.807) is 7.11 Å². The Morgan fingerprint density at radius 1 is 0.800 bits per heavy atom. The fourth-order valence-electron chi connectivity index (χ4n) is 2.32. The van der Waals surface area contributed by atoms with Gasteiger partial charge in [-0.25, -0.2) is 0 Å². The molecule has 20 heavy (non-hydrogen) atoms. The van der Waals surface area contributed by atoms with Crippen LogP contribution in [0.4, 0.5) is 0 Å². The van der Waals surface area contributed by atoms with Crippen molar-refractivity contribution in [2.45, 2.75) is 25.6 Å². The summed E-state index contributed by atoms with van der Waals surface area (Å²) in [5, 5.41) is 0. The molecule has 106 valence electrons. The van der Waals surface area contributed by atoms with E-state index in [1.807, 2.05) is 36.4 Å². The van der Waals surface area contributed by atoms with E-state index in [0.29, 0.717) is 0 Å². The molecule has 0 aliphatic rings. The van der Waals surface area contributed by atoms with Crippen molar-refractivity contribution < 1.29 is 9.47 Å². The maximum Gasteiger partial charge on any atom is 0.113 e. The van der Waals surface area contributed by atoms with Crippen LogP contribution in [0.25, 0.3) is 0 Å². The summed E-state index contributed by atoms with van der Waals surface area (Å²) < 4.78 is 11.8. The van der Waals surface area contributed by atoms with E-state index in [-0.39, 0.29) is 12.2 Å². The molecule has 0 bridgehead atoms. The third-order valence-electron chi connectivity index (χ3n) is 3.29. The topological polar surface area (TPSA) is 18.5 Å². The average molecular weight is 270 g/mol. The van der Waals surface area contributed by atoms with Gasteiger partial charge in [0.25, 0.3) is 0 Å². The van der Waals surface area contributed by atoms with Crippen molar-refractivity contribution in [1.82, 2.24) is 0 Å². The summed E-state index contributed by atoms with van der Waals surface area (Å²) in [5.41, 5.74) is 2.29. The molecule has 0 amide bonds. The molecule has 0 heterocycles. The summed E-state index contributed by atoms with van der Waals surface area (Å²) in [7, 11) is 1.74. The van der Waals surface area contributed by atoms with E-state index >= 15 is 0 Å². The minimum atomic E-state index is -0.0925. The highest BCUT2D eigenvalue weighted by atomic mass is 16.5. The summed E-state index contributed by atoms with van der Waals surface area (Å²) in [5.74, 6) is 0. The van der Waals surface area contributed by atoms with Gasteiger partial charge in [0.2, 0.25) is 0 Å². The molecule has 0 aromatic heterocycles. The zero-order valence-electron chi connectivity index (χ0n) is 12.2. The maximum absolute atomic E-state index is 6.06. The summed E-state index contributed by atoms with van der Waals surface area (Å²) in [6, 6.07) is 20.5. The van der Waals surface area contributed by atoms with Crippen molar-refractivity contribution in [3.05, 3.63) is 71.8 Å². The van der Waals surface area contributed by atoms with Crippen molar-refractivity contribution in [2.24, 2.45) is 0 Å². The molecule has 0 radical (unpaired) electrons. The predicted octanol–water partition coefficient (Wildman–Crippen LogP) is 4.54. The lowest BCUT2D eigenvalue weighted by Crippen LogP contribution is -2.17. The smallest absolute Gasteiger partial charge is 0.113 e. The van der Waals surface area contributed by atoms with E-state index in [1.165, 1.54) is 0 Å². The van der Waals surface area contributed by atoms with E-state index in [0.717, 1.165) is 24.2 Å². The molecule has 1 unspecified atom stereocenters. The van der Waals surface area contributed by atoms with Crippen LogP contribution in [0.3, 0.4) is 0 Å². The second-order valence-corrected chi connectivity index (χ2v) is 4.77. The van der Waals surface area contributed by atoms with Gasteiger partial charge in [0, 0.05) is 13.7 Å². The van der Waals surface area contributed by atoms with Crippen LogP contribution in [0, 0.1) is 0 Å². The van der Waals surface area contributed by atoms with Crippen LogP contribution in [0.1, 0.15) is 36.7 Å². The van der Waals surface area contributed by atoms with Gasteiger partial charge in [-0.3, -0.25) is 0 Å². The minimum absolute atomic E-state index is 0.0800. The third kappa shape index (κ3) is 3.69. The summed E-state index contributed by atoms with van der Waals surface area (Å²) in [6.45, 7) is 2.85. The van der Waals surface area contributed by atoms with Gasteiger partial charge >= 0.3 is 0 Å². The molecular formula is C18H22O2. The first-order valence-corrected chi connectivity index (χ1v) is 7.11. The molecule has 0 saturated carbocycles. The SMILES string of the molecule is CCCOC(c1ccccc1)[C@@H](OC)c1ccccc1. The Labute approximate surface area is 121 Å². The highest BCUT2D eigenvalue weighted by Crippen LogP contribution is 2.34. The Kier molecular flexibility index (Phi) is 5.78. The molecular weight excluding hydrogens is 248 g/mol. The van der Waals surface area contributed by atoms with Crippen LogP contribution >= 0.6 is 0 Å². The van der Waals surface area contributed by atoms with Crippen molar-refractivity contribution in [2.75, 3.05) is 13.7 Å². The zero-order chi connectivity index (χ0) is 14.2. The second-order valence-electron chi connectivity index (χ2n) is 4.77. The van der Waals surface area contributed by atoms with Crippen molar-refractivity contribution in [3.63, 3.8) is 0 Å². The number of benzene rings is 2. The molecule has 0 fully saturated rings. The number of rotatable bonds is 7. The average Bonchev–Trinajstić information content (AvgIpc) is 2.53. The summed E-state index contributed by atoms with van der Waals surface area (Å²) >= 11 is 0. The van der Waals surface area contributed by atoms with E-state index in [2.05, 4.69) is 31.2 Å². The molecule has 0 aliphatic carbocycles. The van der Waals surface area contributed by atoms with Gasteiger partial charge in [0.1, 0.15) is 12.2 Å². The Morgan fingerprint density at radius 2 is 1.30 bits per heavy atom. The highest BCUT2D eigenvalue weighted by Gasteiger charge is 2.25. The number of hydrogen-bond donors (Lipinski definition) is 0. The van der Waals surface area contributed by atoms with Gasteiger partial charge in [-0.1, -0.05) is 67.6 Å². The standard InChI is InChI=1S/C18H22O2/c1-3-14-20-18(16-12-8-5-9-13-16)17(19-2)15-10-6-4-7-11-15/h4-13,17-18H,3,14H2,1-2H3/t17-,18?/m0/s1. The minimum Gasteiger partial charge on any atom is -0.374 e. The van der Waals surface area contributed by atoms with Crippen LogP contribution in [-0.4, -0.2) is 13.7 Å². The Bertz CT molecular complexity index is 481. The normalized spacial score (nSPS) is 13.9. The molecule has 0 saturated heterocycles. The van der Waals surface area contributed by atoms with Crippen molar-refractivity contribution in [1.29, 1.82) is 0 Å². The lowest BCUT2D eigenvalue weighted by Gasteiger charge is -2.27. The van der Waals surface area contributed by atoms with Crippen LogP contribution < -0.4 is 0 Å². The fraction of sp³-hybridized carbons (Fsp3) is 0.333. The molecule has 2 aromatic carbocycles. The molecule has 2 aromatic rings. The van der Waals surface area contributed by atoms with Crippen LogP contribution in [0.5, 0.6) is 0 Å². The van der Waals surface area contributed by atoms with Gasteiger partial charge in [-0.15, -0.1) is 0 Å². The van der Waals surface area contributed by atoms with Crippen LogP contribution in [0.2, 0.25) is 0 Å². The van der Waals surface area contributed by atoms with E-state index in [4.69, 9.17) is 9.47 Å². The molecule has 0 N–H and O–H groups in total. The maximum atomic E-state index is 6.06. The summed E-state index contributed by atoms with van der Waals surface area (Å²) in [4.78, 5) is 0. The van der Waals surface area contributed by atoms with E-state index in [9.17, 15) is 0 Å². The van der Waals surface area contributed by atoms with Crippen molar-refractivity contribution >= 4 is 0 Å². The first kappa shape index (κ1) is 14.8. The fourth-order valence-corrected chi connectivity index (χ4v) is 2.32. The Balaban J connectivity index is 2.29.